The number of benzene rings is 3. The first-order valence-electron chi connectivity index (χ1n) is 11.4. The lowest BCUT2D eigenvalue weighted by Gasteiger charge is -2.35. The zero-order valence-electron chi connectivity index (χ0n) is 19.1. The summed E-state index contributed by atoms with van der Waals surface area (Å²) in [7, 11) is 0. The van der Waals surface area contributed by atoms with Crippen LogP contribution in [0.4, 0.5) is 5.69 Å². The number of halogens is 1. The average molecular weight is 480 g/mol. The molecule has 0 amide bonds. The molecule has 35 heavy (non-hydrogen) atoms. The van der Waals surface area contributed by atoms with Crippen molar-refractivity contribution in [1.82, 2.24) is 0 Å². The molecule has 2 aliphatic heterocycles. The van der Waals surface area contributed by atoms with E-state index in [1.54, 1.807) is 36.4 Å². The van der Waals surface area contributed by atoms with Gasteiger partial charge < -0.3 is 9.64 Å². The Morgan fingerprint density at radius 1 is 1.03 bits per heavy atom. The molecule has 5 rings (SSSR count). The fraction of sp³-hybridized carbons (Fsp3) is 0.207. The standard InChI is InChI=1S/C29H22ClN3O2/c1-2-35-23-14-9-21(10-15-23)28(34)27-26(20-7-12-22(30)13-8-20)29(17-31,18-32)25-16-11-19-5-3-4-6-24(19)33(25)27/h3-16,25-27H,2H2,1H3/t25-,26-,27+/m1/s1. The first kappa shape index (κ1) is 22.7. The maximum atomic E-state index is 14.2. The van der Waals surface area contributed by atoms with Crippen LogP contribution in [0.5, 0.6) is 5.75 Å². The van der Waals surface area contributed by atoms with Gasteiger partial charge >= 0.3 is 0 Å². The van der Waals surface area contributed by atoms with Crippen molar-refractivity contribution in [2.75, 3.05) is 11.5 Å². The third kappa shape index (κ3) is 3.57. The highest BCUT2D eigenvalue weighted by Crippen LogP contribution is 2.55. The largest absolute Gasteiger partial charge is 0.494 e. The van der Waals surface area contributed by atoms with Crippen LogP contribution in [0.25, 0.3) is 6.08 Å². The molecule has 5 nitrogen and oxygen atoms in total. The predicted molar refractivity (Wildman–Crippen MR) is 135 cm³/mol. The molecular formula is C29H22ClN3O2. The molecule has 2 heterocycles. The van der Waals surface area contributed by atoms with Gasteiger partial charge in [-0.2, -0.15) is 10.5 Å². The molecule has 0 radical (unpaired) electrons. The number of para-hydroxylation sites is 1. The molecule has 1 fully saturated rings. The van der Waals surface area contributed by atoms with Crippen molar-refractivity contribution in [2.45, 2.75) is 24.9 Å². The maximum Gasteiger partial charge on any atom is 0.185 e. The van der Waals surface area contributed by atoms with Gasteiger partial charge in [0.1, 0.15) is 11.8 Å². The molecule has 1 saturated heterocycles. The SMILES string of the molecule is CCOc1ccc(C(=O)[C@@H]2[C@@H](c3ccc(Cl)cc3)C(C#N)(C#N)[C@H]3C=Cc4ccccc4N23)cc1. The number of rotatable bonds is 5. The van der Waals surface area contributed by atoms with Crippen LogP contribution in [0.1, 0.15) is 34.3 Å². The van der Waals surface area contributed by atoms with Crippen molar-refractivity contribution in [3.63, 3.8) is 0 Å². The minimum Gasteiger partial charge on any atom is -0.494 e. The van der Waals surface area contributed by atoms with Crippen molar-refractivity contribution in [3.05, 3.63) is 101 Å². The maximum absolute atomic E-state index is 14.2. The first-order valence-corrected chi connectivity index (χ1v) is 11.8. The van der Waals surface area contributed by atoms with Crippen molar-refractivity contribution < 1.29 is 9.53 Å². The Hall–Kier alpha value is -4.06. The van der Waals surface area contributed by atoms with Gasteiger partial charge in [0, 0.05) is 22.2 Å². The summed E-state index contributed by atoms with van der Waals surface area (Å²) >= 11 is 6.15. The summed E-state index contributed by atoms with van der Waals surface area (Å²) < 4.78 is 5.54. The molecule has 0 unspecified atom stereocenters. The van der Waals surface area contributed by atoms with Crippen LogP contribution in [0.2, 0.25) is 5.02 Å². The summed E-state index contributed by atoms with van der Waals surface area (Å²) in [5.74, 6) is -0.178. The molecule has 0 aromatic heterocycles. The quantitative estimate of drug-likeness (QED) is 0.418. The van der Waals surface area contributed by atoms with Gasteiger partial charge in [-0.25, -0.2) is 0 Å². The molecule has 0 spiro atoms. The number of nitriles is 2. The lowest BCUT2D eigenvalue weighted by atomic mass is 9.69. The number of hydrogen-bond donors (Lipinski definition) is 0. The van der Waals surface area contributed by atoms with E-state index in [1.807, 2.05) is 60.4 Å². The second kappa shape index (κ2) is 8.95. The second-order valence-corrected chi connectivity index (χ2v) is 9.09. The predicted octanol–water partition coefficient (Wildman–Crippen LogP) is 6.02. The van der Waals surface area contributed by atoms with Crippen molar-refractivity contribution >= 4 is 29.1 Å². The van der Waals surface area contributed by atoms with E-state index in [0.717, 1.165) is 16.8 Å². The zero-order valence-corrected chi connectivity index (χ0v) is 19.8. The number of nitrogens with zero attached hydrogens (tertiary/aromatic N) is 3. The van der Waals surface area contributed by atoms with E-state index in [1.165, 1.54) is 0 Å². The van der Waals surface area contributed by atoms with Gasteiger partial charge in [-0.15, -0.1) is 0 Å². The highest BCUT2D eigenvalue weighted by atomic mass is 35.5. The monoisotopic (exact) mass is 479 g/mol. The molecule has 3 atom stereocenters. The number of fused-ring (bicyclic) bond motifs is 3. The van der Waals surface area contributed by atoms with E-state index in [4.69, 9.17) is 16.3 Å². The number of carbonyl (C=O) groups excluding carboxylic acids is 1. The summed E-state index contributed by atoms with van der Waals surface area (Å²) in [4.78, 5) is 16.2. The Bertz CT molecular complexity index is 1370. The third-order valence-electron chi connectivity index (χ3n) is 6.86. The van der Waals surface area contributed by atoms with Gasteiger partial charge in [-0.1, -0.05) is 54.1 Å². The van der Waals surface area contributed by atoms with Crippen LogP contribution in [-0.4, -0.2) is 24.5 Å². The number of anilines is 1. The Morgan fingerprint density at radius 3 is 2.37 bits per heavy atom. The van der Waals surface area contributed by atoms with Gasteiger partial charge in [-0.3, -0.25) is 4.79 Å². The van der Waals surface area contributed by atoms with E-state index in [-0.39, 0.29) is 5.78 Å². The number of hydrogen-bond acceptors (Lipinski definition) is 5. The fourth-order valence-corrected chi connectivity index (χ4v) is 5.46. The van der Waals surface area contributed by atoms with Crippen LogP contribution < -0.4 is 9.64 Å². The average Bonchev–Trinajstić information content (AvgIpc) is 3.20. The van der Waals surface area contributed by atoms with Gasteiger partial charge in [0.15, 0.2) is 11.2 Å². The van der Waals surface area contributed by atoms with Crippen LogP contribution in [-0.2, 0) is 0 Å². The molecule has 0 bridgehead atoms. The molecule has 0 aliphatic carbocycles. The lowest BCUT2D eigenvalue weighted by molar-refractivity contribution is 0.0951. The number of Topliss-reactive ketones (excluding diaryl/α,β-unsaturated/α-hetero) is 1. The second-order valence-electron chi connectivity index (χ2n) is 8.66. The van der Waals surface area contributed by atoms with Crippen molar-refractivity contribution in [3.8, 4) is 17.9 Å². The Labute approximate surface area is 209 Å². The summed E-state index contributed by atoms with van der Waals surface area (Å²) in [6.07, 6.45) is 3.81. The van der Waals surface area contributed by atoms with E-state index in [0.29, 0.717) is 22.9 Å². The normalized spacial score (nSPS) is 21.4. The topological polar surface area (TPSA) is 77.1 Å². The van der Waals surface area contributed by atoms with Gasteiger partial charge in [0.05, 0.1) is 24.8 Å². The minimum absolute atomic E-state index is 0.157. The van der Waals surface area contributed by atoms with Crippen LogP contribution in [0.3, 0.4) is 0 Å². The molecule has 0 saturated carbocycles. The molecule has 3 aromatic rings. The molecule has 2 aliphatic rings. The molecule has 3 aromatic carbocycles. The van der Waals surface area contributed by atoms with Crippen LogP contribution in [0.15, 0.2) is 78.9 Å². The highest BCUT2D eigenvalue weighted by molar-refractivity contribution is 6.30. The Morgan fingerprint density at radius 2 is 1.71 bits per heavy atom. The fourth-order valence-electron chi connectivity index (χ4n) is 5.33. The number of carbonyl (C=O) groups is 1. The van der Waals surface area contributed by atoms with Crippen LogP contribution >= 0.6 is 11.6 Å². The van der Waals surface area contributed by atoms with Crippen molar-refractivity contribution in [2.24, 2.45) is 5.41 Å². The number of ketones is 1. The van der Waals surface area contributed by atoms with E-state index < -0.39 is 23.4 Å². The first-order chi connectivity index (χ1) is 17.0. The Balaban J connectivity index is 1.72. The minimum atomic E-state index is -1.48. The van der Waals surface area contributed by atoms with Gasteiger partial charge in [0.2, 0.25) is 0 Å². The van der Waals surface area contributed by atoms with E-state index >= 15 is 0 Å². The zero-order chi connectivity index (χ0) is 24.6. The molecular weight excluding hydrogens is 458 g/mol. The molecule has 6 heteroatoms. The van der Waals surface area contributed by atoms with E-state index in [2.05, 4.69) is 12.1 Å². The highest BCUT2D eigenvalue weighted by Gasteiger charge is 2.63. The summed E-state index contributed by atoms with van der Waals surface area (Å²) in [6, 6.07) is 25.1. The third-order valence-corrected chi connectivity index (χ3v) is 7.11. The summed E-state index contributed by atoms with van der Waals surface area (Å²) in [5.41, 5.74) is 1.51. The van der Waals surface area contributed by atoms with E-state index in [9.17, 15) is 15.3 Å². The smallest absolute Gasteiger partial charge is 0.185 e. The summed E-state index contributed by atoms with van der Waals surface area (Å²) in [6.45, 7) is 2.43. The van der Waals surface area contributed by atoms with Crippen molar-refractivity contribution in [1.29, 1.82) is 10.5 Å². The Kier molecular flexibility index (Phi) is 5.81. The van der Waals surface area contributed by atoms with Crippen LogP contribution in [0, 0.1) is 28.1 Å². The molecule has 0 N–H and O–H groups in total. The van der Waals surface area contributed by atoms with Gasteiger partial charge in [0.25, 0.3) is 0 Å². The van der Waals surface area contributed by atoms with Gasteiger partial charge in [-0.05, 0) is 60.5 Å². The summed E-state index contributed by atoms with van der Waals surface area (Å²) in [5, 5.41) is 21.5. The lowest BCUT2D eigenvalue weighted by Crippen LogP contribution is -2.44. The molecule has 172 valence electrons. The number of ether oxygens (including phenoxy) is 1.